The first-order chi connectivity index (χ1) is 13.9. The fourth-order valence-electron chi connectivity index (χ4n) is 2.79. The maximum Gasteiger partial charge on any atom is 0.185 e. The quantitative estimate of drug-likeness (QED) is 0.493. The SMILES string of the molecule is CC.CCC(C)C(=O)c1cc(-c2ccc(C#N)c(F)c2)n(-c2ccc(C)cc2)n1. The third-order valence-corrected chi connectivity index (χ3v) is 4.69. The minimum atomic E-state index is -0.596. The molecule has 0 radical (unpaired) electrons. The molecule has 0 spiro atoms. The van der Waals surface area contributed by atoms with E-state index < -0.39 is 5.82 Å². The molecule has 1 aromatic heterocycles. The molecule has 0 saturated carbocycles. The van der Waals surface area contributed by atoms with E-state index in [2.05, 4.69) is 5.10 Å². The number of rotatable bonds is 5. The molecule has 2 aromatic carbocycles. The number of aryl methyl sites for hydroxylation is 1. The first kappa shape index (κ1) is 22.0. The van der Waals surface area contributed by atoms with Crippen molar-refractivity contribution in [1.82, 2.24) is 9.78 Å². The molecule has 150 valence electrons. The molecule has 1 heterocycles. The van der Waals surface area contributed by atoms with Crippen molar-refractivity contribution in [1.29, 1.82) is 5.26 Å². The van der Waals surface area contributed by atoms with Crippen LogP contribution in [-0.4, -0.2) is 15.6 Å². The number of Topliss-reactive ketones (excluding diaryl/α,β-unsaturated/α-hetero) is 1. The minimum absolute atomic E-state index is 0.0175. The predicted octanol–water partition coefficient (Wildman–Crippen LogP) is 6.11. The van der Waals surface area contributed by atoms with Gasteiger partial charge in [-0.05, 0) is 43.7 Å². The lowest BCUT2D eigenvalue weighted by Crippen LogP contribution is -2.11. The Bertz CT molecular complexity index is 1030. The van der Waals surface area contributed by atoms with Gasteiger partial charge in [-0.15, -0.1) is 0 Å². The van der Waals surface area contributed by atoms with Crippen molar-refractivity contribution >= 4 is 5.78 Å². The van der Waals surface area contributed by atoms with Crippen LogP contribution in [0.25, 0.3) is 16.9 Å². The average Bonchev–Trinajstić information content (AvgIpc) is 3.20. The number of benzene rings is 2. The van der Waals surface area contributed by atoms with Crippen LogP contribution < -0.4 is 0 Å². The summed E-state index contributed by atoms with van der Waals surface area (Å²) in [7, 11) is 0. The van der Waals surface area contributed by atoms with E-state index in [0.717, 1.165) is 17.7 Å². The van der Waals surface area contributed by atoms with Gasteiger partial charge < -0.3 is 0 Å². The fraction of sp³-hybridized carbons (Fsp3) is 0.292. The van der Waals surface area contributed by atoms with Crippen molar-refractivity contribution in [2.45, 2.75) is 41.0 Å². The largest absolute Gasteiger partial charge is 0.292 e. The van der Waals surface area contributed by atoms with Crippen molar-refractivity contribution in [3.05, 3.63) is 71.2 Å². The van der Waals surface area contributed by atoms with Gasteiger partial charge in [0.25, 0.3) is 0 Å². The van der Waals surface area contributed by atoms with E-state index in [1.165, 1.54) is 12.1 Å². The highest BCUT2D eigenvalue weighted by Crippen LogP contribution is 2.27. The van der Waals surface area contributed by atoms with Crippen molar-refractivity contribution < 1.29 is 9.18 Å². The second-order valence-corrected chi connectivity index (χ2v) is 6.64. The van der Waals surface area contributed by atoms with Gasteiger partial charge in [-0.1, -0.05) is 51.5 Å². The molecule has 0 aliphatic rings. The zero-order valence-corrected chi connectivity index (χ0v) is 17.5. The Morgan fingerprint density at radius 3 is 2.38 bits per heavy atom. The van der Waals surface area contributed by atoms with Gasteiger partial charge in [0.05, 0.1) is 16.9 Å². The van der Waals surface area contributed by atoms with Gasteiger partial charge in [0, 0.05) is 11.5 Å². The molecule has 3 aromatic rings. The van der Waals surface area contributed by atoms with Crippen molar-refractivity contribution in [3.8, 4) is 23.0 Å². The Labute approximate surface area is 171 Å². The Morgan fingerprint density at radius 2 is 1.83 bits per heavy atom. The van der Waals surface area contributed by atoms with Gasteiger partial charge >= 0.3 is 0 Å². The minimum Gasteiger partial charge on any atom is -0.292 e. The molecule has 0 aliphatic heterocycles. The molecule has 0 aliphatic carbocycles. The summed E-state index contributed by atoms with van der Waals surface area (Å²) in [6.07, 6.45) is 0.719. The van der Waals surface area contributed by atoms with E-state index >= 15 is 0 Å². The molecular formula is C24H26FN3O. The number of hydrogen-bond donors (Lipinski definition) is 0. The normalized spacial score (nSPS) is 11.2. The van der Waals surface area contributed by atoms with E-state index in [9.17, 15) is 9.18 Å². The van der Waals surface area contributed by atoms with Crippen LogP contribution in [0.15, 0.2) is 48.5 Å². The highest BCUT2D eigenvalue weighted by atomic mass is 19.1. The number of hydrogen-bond acceptors (Lipinski definition) is 3. The summed E-state index contributed by atoms with van der Waals surface area (Å²) in [5, 5.41) is 13.5. The predicted molar refractivity (Wildman–Crippen MR) is 114 cm³/mol. The molecule has 3 rings (SSSR count). The molecule has 0 fully saturated rings. The molecule has 0 bridgehead atoms. The highest BCUT2D eigenvalue weighted by Gasteiger charge is 2.21. The first-order valence-corrected chi connectivity index (χ1v) is 9.86. The van der Waals surface area contributed by atoms with Crippen LogP contribution >= 0.6 is 0 Å². The maximum absolute atomic E-state index is 14.2. The van der Waals surface area contributed by atoms with Gasteiger partial charge in [0.1, 0.15) is 17.6 Å². The number of halogens is 1. The van der Waals surface area contributed by atoms with Gasteiger partial charge in [0.15, 0.2) is 5.78 Å². The summed E-state index contributed by atoms with van der Waals surface area (Å²) in [5.41, 5.74) is 3.38. The average molecular weight is 391 g/mol. The molecule has 1 atom stereocenters. The molecule has 1 unspecified atom stereocenters. The molecule has 0 N–H and O–H groups in total. The summed E-state index contributed by atoms with van der Waals surface area (Å²) in [6, 6.07) is 15.6. The van der Waals surface area contributed by atoms with E-state index in [4.69, 9.17) is 5.26 Å². The number of nitrogens with zero attached hydrogens (tertiary/aromatic N) is 3. The topological polar surface area (TPSA) is 58.7 Å². The lowest BCUT2D eigenvalue weighted by Gasteiger charge is -2.08. The Hall–Kier alpha value is -3.26. The Morgan fingerprint density at radius 1 is 1.17 bits per heavy atom. The summed E-state index contributed by atoms with van der Waals surface area (Å²) >= 11 is 0. The number of carbonyl (C=O) groups is 1. The molecule has 5 heteroatoms. The zero-order valence-electron chi connectivity index (χ0n) is 17.5. The third kappa shape index (κ3) is 4.78. The second kappa shape index (κ2) is 9.79. The van der Waals surface area contributed by atoms with E-state index in [1.807, 2.05) is 65.0 Å². The van der Waals surface area contributed by atoms with Gasteiger partial charge in [0.2, 0.25) is 0 Å². The number of carbonyl (C=O) groups excluding carboxylic acids is 1. The summed E-state index contributed by atoms with van der Waals surface area (Å²) in [4.78, 5) is 12.6. The van der Waals surface area contributed by atoms with Crippen LogP contribution in [0.1, 0.15) is 55.7 Å². The van der Waals surface area contributed by atoms with Crippen LogP contribution in [0, 0.1) is 30.0 Å². The lowest BCUT2D eigenvalue weighted by atomic mass is 10.0. The van der Waals surface area contributed by atoms with E-state index in [1.54, 1.807) is 16.8 Å². The molecule has 0 amide bonds. The first-order valence-electron chi connectivity index (χ1n) is 9.86. The van der Waals surface area contributed by atoms with Crippen molar-refractivity contribution in [3.63, 3.8) is 0 Å². The Balaban J connectivity index is 0.00000145. The third-order valence-electron chi connectivity index (χ3n) is 4.69. The van der Waals surface area contributed by atoms with Crippen LogP contribution in [-0.2, 0) is 0 Å². The van der Waals surface area contributed by atoms with E-state index in [-0.39, 0.29) is 17.3 Å². The van der Waals surface area contributed by atoms with Gasteiger partial charge in [-0.3, -0.25) is 4.79 Å². The van der Waals surface area contributed by atoms with Crippen LogP contribution in [0.4, 0.5) is 4.39 Å². The summed E-state index contributed by atoms with van der Waals surface area (Å²) in [5.74, 6) is -0.780. The highest BCUT2D eigenvalue weighted by molar-refractivity contribution is 5.97. The maximum atomic E-state index is 14.2. The van der Waals surface area contributed by atoms with Crippen molar-refractivity contribution in [2.75, 3.05) is 0 Å². The van der Waals surface area contributed by atoms with Crippen molar-refractivity contribution in [2.24, 2.45) is 5.92 Å². The molecule has 29 heavy (non-hydrogen) atoms. The lowest BCUT2D eigenvalue weighted by molar-refractivity contribution is 0.0921. The molecular weight excluding hydrogens is 365 g/mol. The monoisotopic (exact) mass is 391 g/mol. The molecule has 0 saturated heterocycles. The van der Waals surface area contributed by atoms with Gasteiger partial charge in [-0.2, -0.15) is 10.4 Å². The number of nitriles is 1. The summed E-state index contributed by atoms with van der Waals surface area (Å²) in [6.45, 7) is 9.81. The zero-order chi connectivity index (χ0) is 21.6. The Kier molecular flexibility index (Phi) is 7.44. The standard InChI is InChI=1S/C22H20FN3O.C2H6/c1-4-15(3)22(27)20-12-21(16-7-8-17(13-24)19(23)11-16)26(25-20)18-9-5-14(2)6-10-18;1-2/h5-12,15H,4H2,1-3H3;1-2H3. The fourth-order valence-corrected chi connectivity index (χ4v) is 2.79. The molecule has 4 nitrogen and oxygen atoms in total. The van der Waals surface area contributed by atoms with Crippen LogP contribution in [0.2, 0.25) is 0 Å². The smallest absolute Gasteiger partial charge is 0.185 e. The second-order valence-electron chi connectivity index (χ2n) is 6.64. The van der Waals surface area contributed by atoms with Crippen LogP contribution in [0.5, 0.6) is 0 Å². The number of ketones is 1. The van der Waals surface area contributed by atoms with Crippen LogP contribution in [0.3, 0.4) is 0 Å². The number of aromatic nitrogens is 2. The van der Waals surface area contributed by atoms with Gasteiger partial charge in [-0.25, -0.2) is 9.07 Å². The summed E-state index contributed by atoms with van der Waals surface area (Å²) < 4.78 is 15.8. The van der Waals surface area contributed by atoms with E-state index in [0.29, 0.717) is 17.0 Å².